The number of benzene rings is 1. The molecule has 1 aromatic carbocycles. The summed E-state index contributed by atoms with van der Waals surface area (Å²) in [4.78, 5) is 20.5. The standard InChI is InChI=1S/C19H17FN4O/c20-17-2-1-14(9-16(17)13-3-6-22-7-4-13)19(25)24-8-5-15-10-23(12-21)11-18(15)24/h1-4,6-7,9,15,18H,5,8,10-11H2. The summed E-state index contributed by atoms with van der Waals surface area (Å²) < 4.78 is 14.2. The molecule has 0 spiro atoms. The van der Waals surface area contributed by atoms with E-state index < -0.39 is 0 Å². The normalized spacial score (nSPS) is 21.9. The van der Waals surface area contributed by atoms with E-state index in [1.807, 2.05) is 4.90 Å². The number of carbonyl (C=O) groups excluding carboxylic acids is 1. The second-order valence-electron chi connectivity index (χ2n) is 6.55. The van der Waals surface area contributed by atoms with E-state index in [1.54, 1.807) is 35.5 Å². The molecule has 0 radical (unpaired) electrons. The lowest BCUT2D eigenvalue weighted by atomic mass is 10.0. The van der Waals surface area contributed by atoms with Gasteiger partial charge in [-0.2, -0.15) is 5.26 Å². The van der Waals surface area contributed by atoms with Gasteiger partial charge in [0.1, 0.15) is 5.82 Å². The van der Waals surface area contributed by atoms with Crippen LogP contribution in [0.25, 0.3) is 11.1 Å². The van der Waals surface area contributed by atoms with E-state index in [1.165, 1.54) is 12.1 Å². The number of pyridine rings is 1. The van der Waals surface area contributed by atoms with Crippen molar-refractivity contribution < 1.29 is 9.18 Å². The molecule has 2 fully saturated rings. The van der Waals surface area contributed by atoms with E-state index >= 15 is 0 Å². The Kier molecular flexibility index (Phi) is 3.85. The first-order valence-corrected chi connectivity index (χ1v) is 8.33. The van der Waals surface area contributed by atoms with Gasteiger partial charge in [0, 0.05) is 49.1 Å². The molecule has 2 aliphatic rings. The van der Waals surface area contributed by atoms with Crippen LogP contribution in [0.15, 0.2) is 42.7 Å². The molecule has 3 heterocycles. The number of fused-ring (bicyclic) bond motifs is 1. The summed E-state index contributed by atoms with van der Waals surface area (Å²) in [7, 11) is 0. The third-order valence-corrected chi connectivity index (χ3v) is 5.15. The number of hydrogen-bond donors (Lipinski definition) is 0. The minimum Gasteiger partial charge on any atom is -0.333 e. The SMILES string of the molecule is N#CN1CC2CCN(C(=O)c3ccc(F)c(-c4ccncc4)c3)C2C1. The molecule has 0 aliphatic carbocycles. The van der Waals surface area contributed by atoms with E-state index in [9.17, 15) is 9.18 Å². The molecule has 2 unspecified atom stereocenters. The van der Waals surface area contributed by atoms with Crippen LogP contribution in [0.4, 0.5) is 4.39 Å². The summed E-state index contributed by atoms with van der Waals surface area (Å²) in [5.41, 5.74) is 1.57. The molecule has 0 N–H and O–H groups in total. The Balaban J connectivity index is 1.62. The van der Waals surface area contributed by atoms with Crippen LogP contribution in [-0.2, 0) is 0 Å². The first kappa shape index (κ1) is 15.6. The molecule has 2 aliphatic heterocycles. The van der Waals surface area contributed by atoms with Crippen LogP contribution in [0.5, 0.6) is 0 Å². The summed E-state index contributed by atoms with van der Waals surface area (Å²) in [6.07, 6.45) is 6.28. The number of rotatable bonds is 2. The van der Waals surface area contributed by atoms with Crippen molar-refractivity contribution in [1.29, 1.82) is 5.26 Å². The molecule has 1 aromatic heterocycles. The van der Waals surface area contributed by atoms with Crippen molar-refractivity contribution in [3.8, 4) is 17.3 Å². The van der Waals surface area contributed by atoms with Crippen molar-refractivity contribution >= 4 is 5.91 Å². The maximum absolute atomic E-state index is 14.2. The number of nitrogens with zero attached hydrogens (tertiary/aromatic N) is 4. The summed E-state index contributed by atoms with van der Waals surface area (Å²) in [6, 6.07) is 8.00. The number of carbonyl (C=O) groups is 1. The molecule has 5 nitrogen and oxygen atoms in total. The highest BCUT2D eigenvalue weighted by Gasteiger charge is 2.43. The Morgan fingerprint density at radius 3 is 2.80 bits per heavy atom. The zero-order valence-corrected chi connectivity index (χ0v) is 13.6. The van der Waals surface area contributed by atoms with E-state index in [2.05, 4.69) is 11.2 Å². The zero-order chi connectivity index (χ0) is 17.4. The number of aromatic nitrogens is 1. The molecule has 0 bridgehead atoms. The van der Waals surface area contributed by atoms with Gasteiger partial charge in [0.25, 0.3) is 5.91 Å². The largest absolute Gasteiger partial charge is 0.333 e. The maximum Gasteiger partial charge on any atom is 0.254 e. The lowest BCUT2D eigenvalue weighted by molar-refractivity contribution is 0.0731. The highest BCUT2D eigenvalue weighted by molar-refractivity contribution is 5.96. The predicted molar refractivity (Wildman–Crippen MR) is 89.7 cm³/mol. The quantitative estimate of drug-likeness (QED) is 0.791. The average Bonchev–Trinajstić information content (AvgIpc) is 3.22. The summed E-state index contributed by atoms with van der Waals surface area (Å²) in [6.45, 7) is 2.00. The van der Waals surface area contributed by atoms with Gasteiger partial charge in [-0.05, 0) is 42.3 Å². The second kappa shape index (κ2) is 6.17. The van der Waals surface area contributed by atoms with Crippen molar-refractivity contribution in [2.45, 2.75) is 12.5 Å². The molecular formula is C19H17FN4O. The van der Waals surface area contributed by atoms with Crippen LogP contribution >= 0.6 is 0 Å². The molecule has 2 aromatic rings. The second-order valence-corrected chi connectivity index (χ2v) is 6.55. The van der Waals surface area contributed by atoms with Crippen molar-refractivity contribution in [1.82, 2.24) is 14.8 Å². The van der Waals surface area contributed by atoms with Gasteiger partial charge in [-0.15, -0.1) is 0 Å². The van der Waals surface area contributed by atoms with Crippen LogP contribution in [-0.4, -0.2) is 46.4 Å². The summed E-state index contributed by atoms with van der Waals surface area (Å²) >= 11 is 0. The Labute approximate surface area is 145 Å². The van der Waals surface area contributed by atoms with Crippen molar-refractivity contribution in [2.24, 2.45) is 5.92 Å². The zero-order valence-electron chi connectivity index (χ0n) is 13.6. The van der Waals surface area contributed by atoms with Crippen molar-refractivity contribution in [2.75, 3.05) is 19.6 Å². The number of likely N-dealkylation sites (tertiary alicyclic amines) is 2. The molecule has 2 atom stereocenters. The summed E-state index contributed by atoms with van der Waals surface area (Å²) in [5.74, 6) is -0.107. The lowest BCUT2D eigenvalue weighted by Crippen LogP contribution is -2.39. The Bertz CT molecular complexity index is 848. The molecule has 6 heteroatoms. The number of hydrogen-bond acceptors (Lipinski definition) is 4. The van der Waals surface area contributed by atoms with Gasteiger partial charge in [-0.25, -0.2) is 4.39 Å². The molecule has 1 amide bonds. The van der Waals surface area contributed by atoms with Gasteiger partial charge in [0.2, 0.25) is 0 Å². The van der Waals surface area contributed by atoms with Gasteiger partial charge in [-0.3, -0.25) is 9.78 Å². The van der Waals surface area contributed by atoms with Gasteiger partial charge in [0.05, 0.1) is 6.04 Å². The van der Waals surface area contributed by atoms with E-state index in [4.69, 9.17) is 5.26 Å². The Morgan fingerprint density at radius 2 is 2.04 bits per heavy atom. The molecule has 126 valence electrons. The number of halogens is 1. The third kappa shape index (κ3) is 2.72. The van der Waals surface area contributed by atoms with E-state index in [-0.39, 0.29) is 17.8 Å². The highest BCUT2D eigenvalue weighted by Crippen LogP contribution is 2.33. The van der Waals surface area contributed by atoms with Crippen molar-refractivity contribution in [3.05, 3.63) is 54.1 Å². The average molecular weight is 336 g/mol. The number of nitriles is 1. The fourth-order valence-electron chi connectivity index (χ4n) is 3.87. The third-order valence-electron chi connectivity index (χ3n) is 5.15. The van der Waals surface area contributed by atoms with Crippen LogP contribution in [0.3, 0.4) is 0 Å². The smallest absolute Gasteiger partial charge is 0.254 e. The number of amides is 1. The minimum atomic E-state index is -0.362. The van der Waals surface area contributed by atoms with Crippen LogP contribution in [0.1, 0.15) is 16.8 Å². The predicted octanol–water partition coefficient (Wildman–Crippen LogP) is 2.52. The molecule has 4 rings (SSSR count). The van der Waals surface area contributed by atoms with Gasteiger partial charge in [0.15, 0.2) is 6.19 Å². The molecule has 25 heavy (non-hydrogen) atoms. The molecule has 0 saturated carbocycles. The molecular weight excluding hydrogens is 319 g/mol. The van der Waals surface area contributed by atoms with Gasteiger partial charge in [-0.1, -0.05) is 0 Å². The summed E-state index contributed by atoms with van der Waals surface area (Å²) in [5, 5.41) is 9.08. The van der Waals surface area contributed by atoms with E-state index in [0.29, 0.717) is 35.7 Å². The van der Waals surface area contributed by atoms with Crippen LogP contribution in [0.2, 0.25) is 0 Å². The van der Waals surface area contributed by atoms with E-state index in [0.717, 1.165) is 13.0 Å². The Hall–Kier alpha value is -2.94. The first-order valence-electron chi connectivity index (χ1n) is 8.33. The van der Waals surface area contributed by atoms with Gasteiger partial charge < -0.3 is 9.80 Å². The van der Waals surface area contributed by atoms with Crippen molar-refractivity contribution in [3.63, 3.8) is 0 Å². The topological polar surface area (TPSA) is 60.2 Å². The first-order chi connectivity index (χ1) is 12.2. The fourth-order valence-corrected chi connectivity index (χ4v) is 3.87. The minimum absolute atomic E-state index is 0.0709. The van der Waals surface area contributed by atoms with Gasteiger partial charge >= 0.3 is 0 Å². The Morgan fingerprint density at radius 1 is 1.24 bits per heavy atom. The fraction of sp³-hybridized carbons (Fsp3) is 0.316. The maximum atomic E-state index is 14.2. The molecule has 2 saturated heterocycles. The highest BCUT2D eigenvalue weighted by atomic mass is 19.1. The lowest BCUT2D eigenvalue weighted by Gasteiger charge is -2.24. The van der Waals surface area contributed by atoms with Crippen LogP contribution in [0, 0.1) is 23.2 Å². The monoisotopic (exact) mass is 336 g/mol. The van der Waals surface area contributed by atoms with Crippen LogP contribution < -0.4 is 0 Å².